The first-order valence-corrected chi connectivity index (χ1v) is 19.6. The molecule has 0 aromatic carbocycles. The predicted molar refractivity (Wildman–Crippen MR) is 223 cm³/mol. The first kappa shape index (κ1) is 50.1. The fourth-order valence-corrected chi connectivity index (χ4v) is 4.17. The topological polar surface area (TPSA) is 117 Å². The van der Waals surface area contributed by atoms with E-state index in [9.17, 15) is 0 Å². The summed E-state index contributed by atoms with van der Waals surface area (Å²) >= 11 is 1.72. The van der Waals surface area contributed by atoms with Crippen LogP contribution in [-0.2, 0) is 37.9 Å². The zero-order valence-corrected chi connectivity index (χ0v) is 39.4. The Kier molecular flexibility index (Phi) is 17.2. The van der Waals surface area contributed by atoms with E-state index in [-0.39, 0.29) is 37.9 Å². The molecule has 0 amide bonds. The molecule has 0 radical (unpaired) electrons. The molecule has 304 valence electrons. The molecule has 10 heteroatoms. The Labute approximate surface area is 328 Å². The largest absolute Gasteiger partial charge is 0.448 e. The quantitative estimate of drug-likeness (QED) is 0.173. The zero-order chi connectivity index (χ0) is 42.2. The van der Waals surface area contributed by atoms with E-state index < -0.39 is 0 Å². The smallest absolute Gasteiger partial charge is 0.221 e. The summed E-state index contributed by atoms with van der Waals surface area (Å²) in [5.74, 6) is 3.02. The Bertz CT molecular complexity index is 1350. The molecule has 0 aliphatic rings. The normalized spacial score (nSPS) is 13.0. The minimum atomic E-state index is -0.0590. The van der Waals surface area contributed by atoms with Gasteiger partial charge in [0.15, 0.2) is 11.8 Å². The van der Waals surface area contributed by atoms with Gasteiger partial charge in [-0.1, -0.05) is 173 Å². The zero-order valence-electron chi connectivity index (χ0n) is 38.5. The summed E-state index contributed by atoms with van der Waals surface area (Å²) < 4.78 is 16.1. The number of rotatable bonds is 0. The van der Waals surface area contributed by atoms with Gasteiger partial charge in [-0.2, -0.15) is 0 Å². The number of oxazole rings is 2. The van der Waals surface area contributed by atoms with Gasteiger partial charge in [0, 0.05) is 37.9 Å². The predicted octanol–water partition coefficient (Wildman–Crippen LogP) is 13.1. The van der Waals surface area contributed by atoms with Crippen LogP contribution in [0, 0.1) is 5.41 Å². The molecule has 0 spiro atoms. The van der Waals surface area contributed by atoms with Crippen LogP contribution in [0.1, 0.15) is 212 Å². The van der Waals surface area contributed by atoms with Crippen LogP contribution in [0.5, 0.6) is 0 Å². The molecule has 4 rings (SSSR count). The second kappa shape index (κ2) is 18.2. The van der Waals surface area contributed by atoms with Crippen molar-refractivity contribution in [2.75, 3.05) is 0 Å². The van der Waals surface area contributed by atoms with Gasteiger partial charge in [-0.25, -0.2) is 9.97 Å². The minimum absolute atomic E-state index is 0.00347. The van der Waals surface area contributed by atoms with Crippen molar-refractivity contribution in [2.45, 2.75) is 211 Å². The maximum Gasteiger partial charge on any atom is 0.221 e. The van der Waals surface area contributed by atoms with Crippen molar-refractivity contribution in [1.29, 1.82) is 0 Å². The SMILES string of the molecule is CC(C)(C)C.CC(C)(C)c1coc(C(C)(C)C)n1.CC(C)(C)c1ncco1.CC(C)(C)c1nnc(C(C)(C)C)o1.CC(C)(C)c1nnc(C(C)(C)C)s1. The van der Waals surface area contributed by atoms with Crippen molar-refractivity contribution < 1.29 is 13.3 Å². The monoisotopic (exact) mass is 759 g/mol. The second-order valence-electron chi connectivity index (χ2n) is 22.4. The summed E-state index contributed by atoms with van der Waals surface area (Å²) in [4.78, 5) is 8.51. The van der Waals surface area contributed by atoms with Gasteiger partial charge < -0.3 is 13.3 Å². The molecule has 4 aromatic heterocycles. The molecular formula is C43H78N6O3S. The van der Waals surface area contributed by atoms with Crippen molar-refractivity contribution in [3.05, 3.63) is 58.0 Å². The second-order valence-corrected chi connectivity index (χ2v) is 23.4. The van der Waals surface area contributed by atoms with Crippen LogP contribution in [0.25, 0.3) is 0 Å². The van der Waals surface area contributed by atoms with Crippen LogP contribution in [-0.4, -0.2) is 30.4 Å². The first-order valence-electron chi connectivity index (χ1n) is 18.8. The summed E-state index contributed by atoms with van der Waals surface area (Å²) in [6.07, 6.45) is 5.03. The number of nitrogens with zero attached hydrogens (tertiary/aromatic N) is 6. The molecular weight excluding hydrogens is 681 g/mol. The molecule has 0 saturated carbocycles. The number of hydrogen-bond acceptors (Lipinski definition) is 10. The van der Waals surface area contributed by atoms with Gasteiger partial charge in [-0.3, -0.25) is 0 Å². The highest BCUT2D eigenvalue weighted by atomic mass is 32.1. The molecule has 0 atom stereocenters. The maximum absolute atomic E-state index is 5.59. The molecule has 0 N–H and O–H groups in total. The van der Waals surface area contributed by atoms with E-state index in [4.69, 9.17) is 13.3 Å². The van der Waals surface area contributed by atoms with Crippen LogP contribution in [0.15, 0.2) is 32.0 Å². The fraction of sp³-hybridized carbons (Fsp3) is 0.767. The molecule has 0 saturated heterocycles. The summed E-state index contributed by atoms with van der Waals surface area (Å²) in [6, 6.07) is 0. The lowest BCUT2D eigenvalue weighted by Gasteiger charge is -2.15. The standard InChI is InChI=1S/C11H19NO.C10H18N2O.C10H18N2S.C7H11NO.C5H12/c1-10(2,3)8-7-13-9(12-8)11(4,5)6;2*1-9(2,3)7-11-12-8(13-7)10(4,5)6;1-7(2,3)6-8-4-5-9-6;1-5(2,3)4/h7H,1-6H3;2*1-6H3;4-5H,1-3H3;1-4H3. The van der Waals surface area contributed by atoms with Crippen molar-refractivity contribution in [2.24, 2.45) is 5.41 Å². The lowest BCUT2D eigenvalue weighted by atomic mass is 9.92. The Morgan fingerprint density at radius 3 is 0.943 bits per heavy atom. The van der Waals surface area contributed by atoms with E-state index in [2.05, 4.69) is 203 Å². The average Bonchev–Trinajstić information content (AvgIpc) is 3.72. The van der Waals surface area contributed by atoms with E-state index >= 15 is 0 Å². The van der Waals surface area contributed by atoms with Gasteiger partial charge in [-0.05, 0) is 5.41 Å². The first-order chi connectivity index (χ1) is 23.2. The number of aromatic nitrogens is 6. The van der Waals surface area contributed by atoms with E-state index in [0.717, 1.165) is 27.5 Å². The van der Waals surface area contributed by atoms with Crippen LogP contribution < -0.4 is 0 Å². The third-order valence-electron chi connectivity index (χ3n) is 6.40. The lowest BCUT2D eigenvalue weighted by Crippen LogP contribution is -2.15. The summed E-state index contributed by atoms with van der Waals surface area (Å²) in [6.45, 7) is 53.0. The van der Waals surface area contributed by atoms with Gasteiger partial charge in [-0.15, -0.1) is 31.7 Å². The van der Waals surface area contributed by atoms with Crippen LogP contribution in [0.2, 0.25) is 0 Å². The van der Waals surface area contributed by atoms with E-state index in [1.165, 1.54) is 0 Å². The third-order valence-corrected chi connectivity index (χ3v) is 8.18. The molecule has 0 bridgehead atoms. The number of hydrogen-bond donors (Lipinski definition) is 0. The highest BCUT2D eigenvalue weighted by molar-refractivity contribution is 7.11. The third kappa shape index (κ3) is 20.4. The molecule has 0 aliphatic carbocycles. The molecule has 0 fully saturated rings. The minimum Gasteiger partial charge on any atom is -0.448 e. The Balaban J connectivity index is 0.000000657. The molecule has 0 unspecified atom stereocenters. The van der Waals surface area contributed by atoms with Gasteiger partial charge in [0.25, 0.3) is 0 Å². The summed E-state index contributed by atoms with van der Waals surface area (Å²) in [7, 11) is 0. The Morgan fingerprint density at radius 2 is 0.774 bits per heavy atom. The highest BCUT2D eigenvalue weighted by Crippen LogP contribution is 2.31. The fourth-order valence-electron chi connectivity index (χ4n) is 3.22. The van der Waals surface area contributed by atoms with Crippen molar-refractivity contribution in [3.8, 4) is 0 Å². The summed E-state index contributed by atoms with van der Waals surface area (Å²) in [5, 5.41) is 18.8. The van der Waals surface area contributed by atoms with E-state index in [1.54, 1.807) is 30.1 Å². The van der Waals surface area contributed by atoms with Gasteiger partial charge in [0.2, 0.25) is 11.8 Å². The molecule has 0 aliphatic heterocycles. The van der Waals surface area contributed by atoms with Crippen molar-refractivity contribution in [3.63, 3.8) is 0 Å². The van der Waals surface area contributed by atoms with Crippen LogP contribution >= 0.6 is 11.3 Å². The molecule has 9 nitrogen and oxygen atoms in total. The van der Waals surface area contributed by atoms with Crippen LogP contribution in [0.3, 0.4) is 0 Å². The van der Waals surface area contributed by atoms with Gasteiger partial charge >= 0.3 is 0 Å². The van der Waals surface area contributed by atoms with Crippen LogP contribution in [0.4, 0.5) is 0 Å². The Morgan fingerprint density at radius 1 is 0.415 bits per heavy atom. The highest BCUT2D eigenvalue weighted by Gasteiger charge is 2.27. The van der Waals surface area contributed by atoms with Crippen molar-refractivity contribution in [1.82, 2.24) is 30.4 Å². The Hall–Kier alpha value is -2.88. The maximum atomic E-state index is 5.59. The van der Waals surface area contributed by atoms with Crippen molar-refractivity contribution >= 4 is 11.3 Å². The van der Waals surface area contributed by atoms with E-state index in [1.807, 2.05) is 0 Å². The summed E-state index contributed by atoms with van der Waals surface area (Å²) in [5.41, 5.74) is 1.78. The molecule has 53 heavy (non-hydrogen) atoms. The lowest BCUT2D eigenvalue weighted by molar-refractivity contribution is 0.331. The van der Waals surface area contributed by atoms with E-state index in [0.29, 0.717) is 17.2 Å². The molecule has 4 aromatic rings. The van der Waals surface area contributed by atoms with Gasteiger partial charge in [0.1, 0.15) is 22.5 Å². The molecule has 4 heterocycles. The average molecular weight is 759 g/mol. The van der Waals surface area contributed by atoms with Gasteiger partial charge in [0.05, 0.1) is 11.9 Å².